The molecule has 2 N–H and O–H groups in total. The average molecular weight is 359 g/mol. The molecule has 7 heteroatoms. The van der Waals surface area contributed by atoms with E-state index in [0.29, 0.717) is 23.8 Å². The predicted octanol–water partition coefficient (Wildman–Crippen LogP) is 2.81. The monoisotopic (exact) mass is 359 g/mol. The van der Waals surface area contributed by atoms with Gasteiger partial charge in [-0.2, -0.15) is 5.10 Å². The van der Waals surface area contributed by atoms with Crippen molar-refractivity contribution < 1.29 is 9.53 Å². The third-order valence-corrected chi connectivity index (χ3v) is 4.10. The van der Waals surface area contributed by atoms with Gasteiger partial charge in [-0.3, -0.25) is 4.68 Å². The topological polar surface area (TPSA) is 95.9 Å². The Morgan fingerprint density at radius 1 is 1.04 bits per heavy atom. The molecular formula is C20H17N5O2. The number of hydrogen-bond acceptors (Lipinski definition) is 6. The first-order valence-corrected chi connectivity index (χ1v) is 8.44. The second-order valence-electron chi connectivity index (χ2n) is 6.02. The molecule has 2 aromatic carbocycles. The molecule has 4 aromatic rings. The van der Waals surface area contributed by atoms with Gasteiger partial charge in [-0.25, -0.2) is 14.8 Å². The highest BCUT2D eigenvalue weighted by Gasteiger charge is 2.10. The summed E-state index contributed by atoms with van der Waals surface area (Å²) in [6.07, 6.45) is 3.62. The summed E-state index contributed by atoms with van der Waals surface area (Å²) in [5.41, 5.74) is 8.18. The average Bonchev–Trinajstić information content (AvgIpc) is 3.20. The van der Waals surface area contributed by atoms with Crippen molar-refractivity contribution >= 4 is 22.7 Å². The number of aromatic nitrogens is 4. The highest BCUT2D eigenvalue weighted by molar-refractivity contribution is 5.89. The van der Waals surface area contributed by atoms with E-state index in [4.69, 9.17) is 10.5 Å². The van der Waals surface area contributed by atoms with Crippen LogP contribution in [0.3, 0.4) is 0 Å². The van der Waals surface area contributed by atoms with Crippen molar-refractivity contribution in [2.75, 3.05) is 5.73 Å². The summed E-state index contributed by atoms with van der Waals surface area (Å²) < 4.78 is 7.14. The fourth-order valence-electron chi connectivity index (χ4n) is 2.76. The van der Waals surface area contributed by atoms with Crippen LogP contribution < -0.4 is 5.73 Å². The second kappa shape index (κ2) is 7.25. The minimum absolute atomic E-state index is 0.0388. The van der Waals surface area contributed by atoms with E-state index in [9.17, 15) is 4.79 Å². The fraction of sp³-hybridized carbons (Fsp3) is 0.100. The number of para-hydroxylation sites is 1. The lowest BCUT2D eigenvalue weighted by molar-refractivity contribution is 0.0462. The van der Waals surface area contributed by atoms with E-state index in [2.05, 4.69) is 15.1 Å². The number of nitrogens with zero attached hydrogens (tertiary/aromatic N) is 4. The van der Waals surface area contributed by atoms with Gasteiger partial charge < -0.3 is 10.5 Å². The molecule has 0 atom stereocenters. The first kappa shape index (κ1) is 16.7. The van der Waals surface area contributed by atoms with Crippen LogP contribution in [-0.4, -0.2) is 25.7 Å². The predicted molar refractivity (Wildman–Crippen MR) is 101 cm³/mol. The van der Waals surface area contributed by atoms with Crippen LogP contribution in [0.25, 0.3) is 10.9 Å². The Kier molecular flexibility index (Phi) is 4.49. The second-order valence-corrected chi connectivity index (χ2v) is 6.02. The first-order chi connectivity index (χ1) is 13.2. The van der Waals surface area contributed by atoms with E-state index in [0.717, 1.165) is 16.5 Å². The molecule has 0 bridgehead atoms. The van der Waals surface area contributed by atoms with Crippen molar-refractivity contribution in [3.05, 3.63) is 83.9 Å². The lowest BCUT2D eigenvalue weighted by Crippen LogP contribution is -2.09. The van der Waals surface area contributed by atoms with Gasteiger partial charge in [-0.05, 0) is 35.9 Å². The Bertz CT molecular complexity index is 1080. The molecule has 2 aromatic heterocycles. The molecule has 0 aliphatic carbocycles. The van der Waals surface area contributed by atoms with Gasteiger partial charge in [0.15, 0.2) is 12.4 Å². The standard InChI is InChI=1S/C20H17N5O2/c21-19-16-4-1-2-5-17(16)23-18(24-19)13-27-20(26)15-8-6-14(7-9-15)12-25-11-3-10-22-25/h1-11H,12-13H2,(H2,21,23,24). The molecule has 7 nitrogen and oxygen atoms in total. The summed E-state index contributed by atoms with van der Waals surface area (Å²) in [4.78, 5) is 20.9. The van der Waals surface area contributed by atoms with Gasteiger partial charge in [-0.1, -0.05) is 24.3 Å². The van der Waals surface area contributed by atoms with Crippen molar-refractivity contribution in [2.45, 2.75) is 13.2 Å². The minimum Gasteiger partial charge on any atom is -0.454 e. The number of nitrogen functional groups attached to an aromatic ring is 1. The minimum atomic E-state index is -0.434. The van der Waals surface area contributed by atoms with Crippen LogP contribution in [0, 0.1) is 0 Å². The van der Waals surface area contributed by atoms with E-state index in [1.54, 1.807) is 18.3 Å². The van der Waals surface area contributed by atoms with Crippen LogP contribution in [-0.2, 0) is 17.9 Å². The van der Waals surface area contributed by atoms with Crippen molar-refractivity contribution in [3.63, 3.8) is 0 Å². The number of fused-ring (bicyclic) bond motifs is 1. The van der Waals surface area contributed by atoms with Gasteiger partial charge in [0.25, 0.3) is 0 Å². The molecule has 0 aliphatic heterocycles. The first-order valence-electron chi connectivity index (χ1n) is 8.44. The van der Waals surface area contributed by atoms with E-state index in [-0.39, 0.29) is 6.61 Å². The molecule has 0 spiro atoms. The summed E-state index contributed by atoms with van der Waals surface area (Å²) in [6.45, 7) is 0.607. The highest BCUT2D eigenvalue weighted by atomic mass is 16.5. The summed E-state index contributed by atoms with van der Waals surface area (Å²) in [6, 6.07) is 16.5. The molecule has 0 saturated carbocycles. The van der Waals surface area contributed by atoms with Crippen molar-refractivity contribution in [1.82, 2.24) is 19.7 Å². The zero-order chi connectivity index (χ0) is 18.6. The van der Waals surface area contributed by atoms with E-state index in [1.807, 2.05) is 53.3 Å². The van der Waals surface area contributed by atoms with Crippen molar-refractivity contribution in [1.29, 1.82) is 0 Å². The molecule has 134 valence electrons. The Morgan fingerprint density at radius 3 is 2.63 bits per heavy atom. The normalized spacial score (nSPS) is 10.8. The number of nitrogens with two attached hydrogens (primary N) is 1. The maximum absolute atomic E-state index is 12.3. The zero-order valence-electron chi connectivity index (χ0n) is 14.4. The number of carbonyl (C=O) groups is 1. The Morgan fingerprint density at radius 2 is 1.85 bits per heavy atom. The lowest BCUT2D eigenvalue weighted by atomic mass is 10.1. The quantitative estimate of drug-likeness (QED) is 0.551. The number of ether oxygens (including phenoxy) is 1. The van der Waals surface area contributed by atoms with Crippen LogP contribution in [0.5, 0.6) is 0 Å². The van der Waals surface area contributed by atoms with Gasteiger partial charge in [0, 0.05) is 17.8 Å². The van der Waals surface area contributed by atoms with Gasteiger partial charge in [0.2, 0.25) is 0 Å². The number of esters is 1. The molecule has 0 amide bonds. The molecule has 4 rings (SSSR count). The molecule has 0 radical (unpaired) electrons. The Labute approximate surface area is 155 Å². The third-order valence-electron chi connectivity index (χ3n) is 4.10. The van der Waals surface area contributed by atoms with Crippen molar-refractivity contribution in [2.24, 2.45) is 0 Å². The maximum Gasteiger partial charge on any atom is 0.338 e. The van der Waals surface area contributed by atoms with E-state index < -0.39 is 5.97 Å². The number of anilines is 1. The number of rotatable bonds is 5. The number of benzene rings is 2. The summed E-state index contributed by atoms with van der Waals surface area (Å²) >= 11 is 0. The van der Waals surface area contributed by atoms with Crippen LogP contribution >= 0.6 is 0 Å². The number of hydrogen-bond donors (Lipinski definition) is 1. The fourth-order valence-corrected chi connectivity index (χ4v) is 2.76. The summed E-state index contributed by atoms with van der Waals surface area (Å²) in [7, 11) is 0. The molecule has 0 saturated heterocycles. The molecular weight excluding hydrogens is 342 g/mol. The molecule has 2 heterocycles. The smallest absolute Gasteiger partial charge is 0.338 e. The Hall–Kier alpha value is -3.74. The molecule has 0 aliphatic rings. The van der Waals surface area contributed by atoms with Gasteiger partial charge in [0.05, 0.1) is 17.6 Å². The molecule has 0 fully saturated rings. The SMILES string of the molecule is Nc1nc(COC(=O)c2ccc(Cn3cccn3)cc2)nc2ccccc12. The zero-order valence-corrected chi connectivity index (χ0v) is 14.4. The highest BCUT2D eigenvalue weighted by Crippen LogP contribution is 2.17. The van der Waals surface area contributed by atoms with Gasteiger partial charge >= 0.3 is 5.97 Å². The van der Waals surface area contributed by atoms with E-state index in [1.165, 1.54) is 0 Å². The molecule has 0 unspecified atom stereocenters. The maximum atomic E-state index is 12.3. The summed E-state index contributed by atoms with van der Waals surface area (Å²) in [5, 5.41) is 4.94. The largest absolute Gasteiger partial charge is 0.454 e. The third kappa shape index (κ3) is 3.77. The van der Waals surface area contributed by atoms with Gasteiger partial charge in [0.1, 0.15) is 5.82 Å². The van der Waals surface area contributed by atoms with Crippen LogP contribution in [0.15, 0.2) is 67.0 Å². The van der Waals surface area contributed by atoms with Crippen LogP contribution in [0.1, 0.15) is 21.7 Å². The summed E-state index contributed by atoms with van der Waals surface area (Å²) in [5.74, 6) is 0.306. The molecule has 27 heavy (non-hydrogen) atoms. The van der Waals surface area contributed by atoms with Crippen LogP contribution in [0.4, 0.5) is 5.82 Å². The van der Waals surface area contributed by atoms with Gasteiger partial charge in [-0.15, -0.1) is 0 Å². The van der Waals surface area contributed by atoms with E-state index >= 15 is 0 Å². The van der Waals surface area contributed by atoms with Crippen molar-refractivity contribution in [3.8, 4) is 0 Å². The lowest BCUT2D eigenvalue weighted by Gasteiger charge is -2.07. The number of carbonyl (C=O) groups excluding carboxylic acids is 1. The van der Waals surface area contributed by atoms with Crippen LogP contribution in [0.2, 0.25) is 0 Å². The Balaban J connectivity index is 1.42.